The van der Waals surface area contributed by atoms with Gasteiger partial charge in [-0.1, -0.05) is 0 Å². The highest BCUT2D eigenvalue weighted by molar-refractivity contribution is 5.71. The van der Waals surface area contributed by atoms with E-state index in [9.17, 15) is 10.1 Å². The molecule has 0 amide bonds. The predicted octanol–water partition coefficient (Wildman–Crippen LogP) is 1.43. The molecule has 0 radical (unpaired) electrons. The Balaban J connectivity index is 2.66. The van der Waals surface area contributed by atoms with Crippen molar-refractivity contribution in [3.05, 3.63) is 34.8 Å². The van der Waals surface area contributed by atoms with Gasteiger partial charge in [-0.2, -0.15) is 0 Å². The van der Waals surface area contributed by atoms with Gasteiger partial charge in [-0.3, -0.25) is 10.1 Å². The largest absolute Gasteiger partial charge is 0.355 e. The van der Waals surface area contributed by atoms with E-state index in [1.165, 1.54) is 6.20 Å². The number of aromatic nitrogens is 2. The normalized spacial score (nSPS) is 10.5. The van der Waals surface area contributed by atoms with Crippen LogP contribution in [0.25, 0.3) is 11.3 Å². The molecule has 0 aromatic rings. The topological polar surface area (TPSA) is 61.0 Å². The molecule has 0 N–H and O–H groups in total. The number of hydrogen-bond donors (Lipinski definition) is 0. The third kappa shape index (κ3) is 1.14. The minimum atomic E-state index is -0.421. The number of fused-ring (bicyclic) bond motifs is 1. The summed E-state index contributed by atoms with van der Waals surface area (Å²) in [6, 6.07) is 1.69. The first-order valence-electron chi connectivity index (χ1n) is 3.73. The molecule has 0 fully saturated rings. The lowest BCUT2D eigenvalue weighted by Gasteiger charge is -2.00. The van der Waals surface area contributed by atoms with Crippen molar-refractivity contribution in [3.63, 3.8) is 0 Å². The molecular weight excluding hydrogens is 170 g/mol. The Hall–Kier alpha value is -1.91. The van der Waals surface area contributed by atoms with Gasteiger partial charge in [0.1, 0.15) is 6.20 Å². The maximum Gasteiger partial charge on any atom is 0.296 e. The summed E-state index contributed by atoms with van der Waals surface area (Å²) in [4.78, 5) is 14.0. The zero-order valence-electron chi connectivity index (χ0n) is 6.97. The summed E-state index contributed by atoms with van der Waals surface area (Å²) in [7, 11) is 1.85. The molecule has 2 aliphatic heterocycles. The summed E-state index contributed by atoms with van der Waals surface area (Å²) >= 11 is 0. The van der Waals surface area contributed by atoms with Gasteiger partial charge in [-0.15, -0.1) is 0 Å². The zero-order valence-corrected chi connectivity index (χ0v) is 6.97. The summed E-state index contributed by atoms with van der Waals surface area (Å²) in [6.07, 6.45) is 4.80. The van der Waals surface area contributed by atoms with Gasteiger partial charge in [0.2, 0.25) is 0 Å². The molecule has 0 unspecified atom stereocenters. The van der Waals surface area contributed by atoms with Crippen LogP contribution in [-0.2, 0) is 7.05 Å². The highest BCUT2D eigenvalue weighted by Gasteiger charge is 2.19. The van der Waals surface area contributed by atoms with Gasteiger partial charge in [-0.05, 0) is 6.07 Å². The number of nitro groups is 1. The van der Waals surface area contributed by atoms with Crippen molar-refractivity contribution < 1.29 is 4.92 Å². The van der Waals surface area contributed by atoms with Crippen LogP contribution in [0.1, 0.15) is 0 Å². The summed E-state index contributed by atoms with van der Waals surface area (Å²) in [5, 5.41) is 10.5. The Morgan fingerprint density at radius 2 is 2.38 bits per heavy atom. The Kier molecular flexibility index (Phi) is 1.51. The second-order valence-electron chi connectivity index (χ2n) is 2.81. The molecule has 0 bridgehead atoms. The Bertz CT molecular complexity index is 435. The first-order valence-corrected chi connectivity index (χ1v) is 3.73. The van der Waals surface area contributed by atoms with E-state index in [0.29, 0.717) is 11.3 Å². The fourth-order valence-electron chi connectivity index (χ4n) is 1.25. The number of nitrogens with zero attached hydrogens (tertiary/aromatic N) is 3. The smallest absolute Gasteiger partial charge is 0.296 e. The Labute approximate surface area is 74.1 Å². The van der Waals surface area contributed by atoms with Gasteiger partial charge < -0.3 is 4.57 Å². The molecule has 5 nitrogen and oxygen atoms in total. The predicted molar refractivity (Wildman–Crippen MR) is 46.5 cm³/mol. The molecule has 0 spiro atoms. The molecule has 13 heavy (non-hydrogen) atoms. The minimum absolute atomic E-state index is 0.0654. The lowest BCUT2D eigenvalue weighted by molar-refractivity contribution is -0.384. The molecule has 0 aromatic heterocycles. The zero-order chi connectivity index (χ0) is 9.42. The standard InChI is InChI=1S/C8H7N3O2/c1-10-3-2-6-7(5-10)9-4-8(6)11(12)13/h2-5H,1H3. The van der Waals surface area contributed by atoms with E-state index in [1.807, 2.05) is 7.05 Å². The van der Waals surface area contributed by atoms with Crippen molar-refractivity contribution in [2.75, 3.05) is 0 Å². The quantitative estimate of drug-likeness (QED) is 0.489. The molecule has 0 aliphatic carbocycles. The van der Waals surface area contributed by atoms with Crippen molar-refractivity contribution in [3.8, 4) is 11.3 Å². The number of pyridine rings is 1. The van der Waals surface area contributed by atoms with Crippen LogP contribution in [0, 0.1) is 10.1 Å². The molecular formula is C8H7N3O2. The van der Waals surface area contributed by atoms with Crippen LogP contribution >= 0.6 is 0 Å². The average molecular weight is 177 g/mol. The third-order valence-corrected chi connectivity index (χ3v) is 1.88. The lowest BCUT2D eigenvalue weighted by Crippen LogP contribution is -1.92. The molecule has 0 saturated heterocycles. The highest BCUT2D eigenvalue weighted by Crippen LogP contribution is 2.29. The first kappa shape index (κ1) is 7.72. The molecule has 2 rings (SSSR count). The molecule has 0 saturated carbocycles. The van der Waals surface area contributed by atoms with E-state index < -0.39 is 4.92 Å². The number of hydrogen-bond acceptors (Lipinski definition) is 3. The van der Waals surface area contributed by atoms with Crippen LogP contribution in [-0.4, -0.2) is 14.5 Å². The van der Waals surface area contributed by atoms with Crippen molar-refractivity contribution >= 4 is 5.69 Å². The molecule has 0 atom stereocenters. The van der Waals surface area contributed by atoms with E-state index in [0.717, 1.165) is 0 Å². The fourth-order valence-corrected chi connectivity index (χ4v) is 1.25. The maximum absolute atomic E-state index is 10.5. The molecule has 2 heterocycles. The molecule has 66 valence electrons. The lowest BCUT2D eigenvalue weighted by atomic mass is 10.2. The monoisotopic (exact) mass is 177 g/mol. The van der Waals surface area contributed by atoms with E-state index in [-0.39, 0.29) is 5.69 Å². The number of rotatable bonds is 1. The second kappa shape index (κ2) is 2.55. The SMILES string of the molecule is Cn1ccc2c([N+](=O)[O-])cnc-2c1. The third-order valence-electron chi connectivity index (χ3n) is 1.88. The minimum Gasteiger partial charge on any atom is -0.355 e. The average Bonchev–Trinajstić information content (AvgIpc) is 2.46. The summed E-state index contributed by atoms with van der Waals surface area (Å²) in [5.41, 5.74) is 1.30. The van der Waals surface area contributed by atoms with Crippen molar-refractivity contribution in [1.29, 1.82) is 0 Å². The highest BCUT2D eigenvalue weighted by atomic mass is 16.6. The van der Waals surface area contributed by atoms with Crippen LogP contribution < -0.4 is 0 Å². The van der Waals surface area contributed by atoms with E-state index in [4.69, 9.17) is 0 Å². The van der Waals surface area contributed by atoms with Gasteiger partial charge in [0, 0.05) is 19.4 Å². The van der Waals surface area contributed by atoms with E-state index in [2.05, 4.69) is 4.98 Å². The summed E-state index contributed by atoms with van der Waals surface area (Å²) in [5.74, 6) is 0. The van der Waals surface area contributed by atoms with Gasteiger partial charge in [0.25, 0.3) is 5.69 Å². The molecule has 2 aliphatic rings. The van der Waals surface area contributed by atoms with Crippen molar-refractivity contribution in [1.82, 2.24) is 9.55 Å². The van der Waals surface area contributed by atoms with Crippen molar-refractivity contribution in [2.45, 2.75) is 0 Å². The van der Waals surface area contributed by atoms with Crippen LogP contribution in [0.5, 0.6) is 0 Å². The van der Waals surface area contributed by atoms with E-state index >= 15 is 0 Å². The van der Waals surface area contributed by atoms with Gasteiger partial charge in [0.05, 0.1) is 16.2 Å². The molecule has 0 aromatic carbocycles. The van der Waals surface area contributed by atoms with Crippen LogP contribution in [0.2, 0.25) is 0 Å². The van der Waals surface area contributed by atoms with Gasteiger partial charge >= 0.3 is 0 Å². The first-order chi connectivity index (χ1) is 6.18. The summed E-state index contributed by atoms with van der Waals surface area (Å²) in [6.45, 7) is 0. The van der Waals surface area contributed by atoms with Gasteiger partial charge in [0.15, 0.2) is 0 Å². The van der Waals surface area contributed by atoms with Crippen LogP contribution in [0.4, 0.5) is 5.69 Å². The Morgan fingerprint density at radius 1 is 1.62 bits per heavy atom. The molecule has 5 heteroatoms. The van der Waals surface area contributed by atoms with Crippen molar-refractivity contribution in [2.24, 2.45) is 7.05 Å². The second-order valence-corrected chi connectivity index (χ2v) is 2.81. The van der Waals surface area contributed by atoms with Gasteiger partial charge in [-0.25, -0.2) is 4.98 Å². The van der Waals surface area contributed by atoms with Crippen LogP contribution in [0.3, 0.4) is 0 Å². The maximum atomic E-state index is 10.5. The Morgan fingerprint density at radius 3 is 3.08 bits per heavy atom. The number of aryl methyl sites for hydroxylation is 1. The fraction of sp³-hybridized carbons (Fsp3) is 0.125. The van der Waals surface area contributed by atoms with E-state index in [1.54, 1.807) is 23.0 Å². The van der Waals surface area contributed by atoms with Crippen LogP contribution in [0.15, 0.2) is 24.7 Å². The summed E-state index contributed by atoms with van der Waals surface area (Å²) < 4.78 is 1.80.